The Bertz CT molecular complexity index is 4860. The van der Waals surface area contributed by atoms with Crippen LogP contribution in [0.25, 0.3) is 0 Å². The molecule has 4 heterocycles. The van der Waals surface area contributed by atoms with E-state index in [4.69, 9.17) is 71.1 Å². The second-order valence-electron chi connectivity index (χ2n) is 32.5. The maximum atomic E-state index is 12.8. The molecule has 3 aliphatic rings. The van der Waals surface area contributed by atoms with Crippen LogP contribution in [0.15, 0.2) is 212 Å². The summed E-state index contributed by atoms with van der Waals surface area (Å²) < 4.78 is 87.1. The second kappa shape index (κ2) is 56.7. The van der Waals surface area contributed by atoms with Gasteiger partial charge in [-0.15, -0.1) is 10.2 Å². The molecular weight excluding hydrogens is 1650 g/mol. The fourth-order valence-corrected chi connectivity index (χ4v) is 16.1. The minimum atomic E-state index is 0.0211. The van der Waals surface area contributed by atoms with Crippen molar-refractivity contribution >= 4 is 23.2 Å². The normalized spacial score (nSPS) is 16.5. The van der Waals surface area contributed by atoms with Crippen molar-refractivity contribution < 1.29 is 80.6 Å². The lowest BCUT2D eigenvalue weighted by molar-refractivity contribution is -0.119. The van der Waals surface area contributed by atoms with E-state index in [0.29, 0.717) is 130 Å². The van der Waals surface area contributed by atoms with Gasteiger partial charge in [-0.3, -0.25) is 9.59 Å². The molecule has 2 amide bonds. The number of H-pyrrole nitrogens is 1. The standard InChI is InChI=1S/C36H48N2O6.C34H43N5O5.C34H44N2O6/c1-27-12-13-29(33(23-27)38(2)36(39)11-7-20-40-3)26-44-35-24-37-19-18-32(35)28-14-16-31(17-15-28)43-22-8-21-42-25-30-9-5-6-10-34(30)41-4;1-40-31-11-4-3-9-28(31)25-41-20-7-21-42-29-16-14-26(15-17-29)30-18-19-35-24-33(30)44-23-22-43-32-12-5-2-8-27(32)10-6-13-34-36-38-39-37-34;1-36(34(37)17-21-38-2)29-10-6-8-26(22-29)24-42-33-23-35-18-16-31(33)27-12-14-30(15-13-27)41-20-7-19-40-25-28-9-4-5-11-32(28)39-3/h5-6,9-10,12-17,23,32,35,37H,7-8,11,18-22,24-26H2,1-4H3;2-5,8-9,11-12,14-17,30,33,35H,6-7,10,13,18-25H2,1H3,(H,36,37,38,39);4-6,8-15,22,31,33,35H,7,16-21,23-25H2,1-3H3/t32-,35+;30-,33+;31-,33+/m111/s1. The van der Waals surface area contributed by atoms with Crippen molar-refractivity contribution in [2.45, 2.75) is 153 Å². The van der Waals surface area contributed by atoms with Crippen LogP contribution in [0.5, 0.6) is 40.2 Å². The van der Waals surface area contributed by atoms with Gasteiger partial charge in [0, 0.05) is 138 Å². The first-order valence-corrected chi connectivity index (χ1v) is 45.8. The lowest BCUT2D eigenvalue weighted by Crippen LogP contribution is -2.41. The Kier molecular flexibility index (Phi) is 43.5. The molecule has 9 aromatic carbocycles. The van der Waals surface area contributed by atoms with E-state index in [0.717, 1.165) is 188 Å². The summed E-state index contributed by atoms with van der Waals surface area (Å²) in [5.74, 6) is 7.76. The smallest absolute Gasteiger partial charge is 0.229 e. The minimum absolute atomic E-state index is 0.0211. The molecule has 3 saturated heterocycles. The van der Waals surface area contributed by atoms with Crippen LogP contribution in [0.1, 0.15) is 143 Å². The first-order valence-electron chi connectivity index (χ1n) is 45.8. The van der Waals surface area contributed by atoms with E-state index in [1.807, 2.05) is 153 Å². The topological polar surface area (TPSA) is 270 Å². The van der Waals surface area contributed by atoms with Gasteiger partial charge in [0.1, 0.15) is 46.9 Å². The van der Waals surface area contributed by atoms with E-state index in [-0.39, 0.29) is 36.0 Å². The summed E-state index contributed by atoms with van der Waals surface area (Å²) in [5, 5.41) is 24.6. The van der Waals surface area contributed by atoms with Crippen molar-refractivity contribution in [1.82, 2.24) is 36.6 Å². The molecule has 10 aromatic rings. The highest BCUT2D eigenvalue weighted by Crippen LogP contribution is 2.36. The Morgan fingerprint density at radius 3 is 1.32 bits per heavy atom. The molecule has 4 N–H and O–H groups in total. The van der Waals surface area contributed by atoms with Gasteiger partial charge in [-0.2, -0.15) is 5.21 Å². The highest BCUT2D eigenvalue weighted by atomic mass is 16.5. The average molecular weight is 1780 g/mol. The molecule has 26 heteroatoms. The first kappa shape index (κ1) is 99.7. The zero-order chi connectivity index (χ0) is 91.0. The third-order valence-corrected chi connectivity index (χ3v) is 23.4. The van der Waals surface area contributed by atoms with Gasteiger partial charge in [0.15, 0.2) is 5.82 Å². The third-order valence-electron chi connectivity index (χ3n) is 23.4. The molecule has 0 saturated carbocycles. The molecule has 6 atom stereocenters. The third kappa shape index (κ3) is 32.9. The van der Waals surface area contributed by atoms with Crippen LogP contribution >= 0.6 is 0 Å². The van der Waals surface area contributed by atoms with Crippen LogP contribution in [0, 0.1) is 6.92 Å². The van der Waals surface area contributed by atoms with Gasteiger partial charge in [0.25, 0.3) is 0 Å². The lowest BCUT2D eigenvalue weighted by Gasteiger charge is -2.33. The number of carbonyl (C=O) groups is 2. The summed E-state index contributed by atoms with van der Waals surface area (Å²) >= 11 is 0. The molecular formula is C104H135N9O17. The van der Waals surface area contributed by atoms with Crippen molar-refractivity contribution in [2.75, 3.05) is 165 Å². The summed E-state index contributed by atoms with van der Waals surface area (Å²) in [6, 6.07) is 71.3. The monoisotopic (exact) mass is 1780 g/mol. The van der Waals surface area contributed by atoms with Gasteiger partial charge in [-0.25, -0.2) is 0 Å². The zero-order valence-electron chi connectivity index (χ0n) is 77.2. The SMILES string of the molecule is COCCC(=O)N(C)c1cccc(CO[C@H]2CNCC[C@@H]2c2ccc(OCCCOCc3ccccc3OC)cc2)c1.COCCCC(=O)N(C)c1cc(C)ccc1CO[C@H]1CNCC[C@@H]1c1ccc(OCCCOCc2ccccc2OC)cc1.COc1ccccc1COCCCOc1ccc([C@H]2CCNC[C@@H]2OCCOc2ccccc2CCCc2nn[nH]n2)cc1. The molecule has 3 fully saturated rings. The number of aryl methyl sites for hydroxylation is 3. The number of anilines is 2. The van der Waals surface area contributed by atoms with Crippen LogP contribution in [0.4, 0.5) is 11.4 Å². The number of aromatic amines is 1. The van der Waals surface area contributed by atoms with E-state index in [1.54, 1.807) is 52.4 Å². The van der Waals surface area contributed by atoms with Crippen LogP contribution < -0.4 is 58.9 Å². The maximum Gasteiger partial charge on any atom is 0.229 e. The zero-order valence-corrected chi connectivity index (χ0v) is 77.2. The van der Waals surface area contributed by atoms with Gasteiger partial charge in [0.2, 0.25) is 11.8 Å². The number of rotatable bonds is 51. The summed E-state index contributed by atoms with van der Waals surface area (Å²) in [6.45, 7) is 15.5. The van der Waals surface area contributed by atoms with Crippen LogP contribution in [-0.2, 0) is 93.4 Å². The molecule has 0 aliphatic carbocycles. The largest absolute Gasteiger partial charge is 0.496 e. The molecule has 13 rings (SSSR count). The number of piperidine rings is 3. The van der Waals surface area contributed by atoms with Gasteiger partial charge in [0.05, 0.1) is 132 Å². The van der Waals surface area contributed by atoms with E-state index in [1.165, 1.54) is 22.3 Å². The van der Waals surface area contributed by atoms with E-state index < -0.39 is 0 Å². The molecule has 0 spiro atoms. The number of methoxy groups -OCH3 is 5. The predicted molar refractivity (Wildman–Crippen MR) is 505 cm³/mol. The van der Waals surface area contributed by atoms with Crippen molar-refractivity contribution in [2.24, 2.45) is 0 Å². The van der Waals surface area contributed by atoms with E-state index in [2.05, 4.69) is 109 Å². The quantitative estimate of drug-likeness (QED) is 0.0258. The lowest BCUT2D eigenvalue weighted by atomic mass is 9.87. The number of para-hydroxylation sites is 4. The fourth-order valence-electron chi connectivity index (χ4n) is 16.1. The van der Waals surface area contributed by atoms with Gasteiger partial charge in [-0.05, 0) is 177 Å². The number of carbonyl (C=O) groups excluding carboxylic acids is 2. The molecule has 0 unspecified atom stereocenters. The first-order chi connectivity index (χ1) is 63.9. The Morgan fingerprint density at radius 2 is 0.846 bits per heavy atom. The summed E-state index contributed by atoms with van der Waals surface area (Å²) in [6.07, 6.45) is 9.70. The van der Waals surface area contributed by atoms with E-state index >= 15 is 0 Å². The van der Waals surface area contributed by atoms with Crippen molar-refractivity contribution in [1.29, 1.82) is 0 Å². The Labute approximate surface area is 768 Å². The highest BCUT2D eigenvalue weighted by Gasteiger charge is 2.31. The molecule has 1 aromatic heterocycles. The van der Waals surface area contributed by atoms with Crippen LogP contribution in [-0.4, -0.2) is 206 Å². The molecule has 130 heavy (non-hydrogen) atoms. The minimum Gasteiger partial charge on any atom is -0.496 e. The van der Waals surface area contributed by atoms with Gasteiger partial charge in [-0.1, -0.05) is 139 Å². The Balaban J connectivity index is 0.000000189. The summed E-state index contributed by atoms with van der Waals surface area (Å²) in [4.78, 5) is 28.7. The van der Waals surface area contributed by atoms with Crippen LogP contribution in [0.2, 0.25) is 0 Å². The van der Waals surface area contributed by atoms with Gasteiger partial charge < -0.3 is 96.8 Å². The number of amides is 2. The Hall–Kier alpha value is -10.9. The fraction of sp³-hybridized carbons (Fsp3) is 0.452. The van der Waals surface area contributed by atoms with E-state index in [9.17, 15) is 9.59 Å². The number of benzene rings is 9. The number of nitrogens with one attached hydrogen (secondary N) is 4. The van der Waals surface area contributed by atoms with Crippen LogP contribution in [0.3, 0.4) is 0 Å². The van der Waals surface area contributed by atoms with Crippen molar-refractivity contribution in [3.05, 3.63) is 274 Å². The number of ether oxygens (including phenoxy) is 15. The number of tetrazole rings is 1. The Morgan fingerprint density at radius 1 is 0.385 bits per heavy atom. The molecule has 0 bridgehead atoms. The van der Waals surface area contributed by atoms with Crippen molar-refractivity contribution in [3.8, 4) is 40.2 Å². The number of nitrogens with zero attached hydrogens (tertiary/aromatic N) is 5. The molecule has 0 radical (unpaired) electrons. The summed E-state index contributed by atoms with van der Waals surface area (Å²) in [7, 11) is 11.9. The average Bonchev–Trinajstić information content (AvgIpc) is 0.906. The predicted octanol–water partition coefficient (Wildman–Crippen LogP) is 16.3. The number of hydrogen-bond acceptors (Lipinski definition) is 23. The number of aromatic nitrogens is 4. The molecule has 26 nitrogen and oxygen atoms in total. The highest BCUT2D eigenvalue weighted by molar-refractivity contribution is 5.94. The molecule has 3 aliphatic heterocycles. The maximum absolute atomic E-state index is 12.8. The number of hydrogen-bond donors (Lipinski definition) is 4. The van der Waals surface area contributed by atoms with Crippen molar-refractivity contribution in [3.63, 3.8) is 0 Å². The van der Waals surface area contributed by atoms with Gasteiger partial charge >= 0.3 is 0 Å². The molecule has 698 valence electrons. The second-order valence-corrected chi connectivity index (χ2v) is 32.5. The summed E-state index contributed by atoms with van der Waals surface area (Å²) in [5.41, 5.74) is 13.0.